The summed E-state index contributed by atoms with van der Waals surface area (Å²) in [6, 6.07) is 0. The van der Waals surface area contributed by atoms with E-state index < -0.39 is 0 Å². The molecule has 1 heterocycles. The fraction of sp³-hybridized carbons (Fsp3) is 0.571. The third-order valence-corrected chi connectivity index (χ3v) is 2.13. The van der Waals surface area contributed by atoms with Gasteiger partial charge in [-0.1, -0.05) is 0 Å². The summed E-state index contributed by atoms with van der Waals surface area (Å²) >= 11 is 5.60. The van der Waals surface area contributed by atoms with Gasteiger partial charge in [0.15, 0.2) is 0 Å². The zero-order valence-corrected chi connectivity index (χ0v) is 6.41. The van der Waals surface area contributed by atoms with Gasteiger partial charge < -0.3 is 4.98 Å². The first kappa shape index (κ1) is 6.23. The maximum atomic E-state index is 5.60. The Kier molecular flexibility index (Phi) is 1.42. The van der Waals surface area contributed by atoms with Crippen molar-refractivity contribution >= 4 is 11.6 Å². The van der Waals surface area contributed by atoms with Gasteiger partial charge in [0.05, 0.1) is 11.6 Å². The highest BCUT2D eigenvalue weighted by molar-refractivity contribution is 6.16. The number of halogens is 1. The summed E-state index contributed by atoms with van der Waals surface area (Å²) in [7, 11) is 0. The van der Waals surface area contributed by atoms with Gasteiger partial charge in [0, 0.05) is 5.69 Å². The molecule has 10 heavy (non-hydrogen) atoms. The number of rotatable bonds is 1. The number of aromatic nitrogens is 2. The molecule has 1 aromatic heterocycles. The second-order valence-corrected chi connectivity index (χ2v) is 2.86. The van der Waals surface area contributed by atoms with Crippen molar-refractivity contribution in [1.29, 1.82) is 0 Å². The van der Waals surface area contributed by atoms with Crippen LogP contribution in [0.15, 0.2) is 0 Å². The second-order valence-electron chi connectivity index (χ2n) is 2.60. The Labute approximate surface area is 64.6 Å². The molecule has 54 valence electrons. The van der Waals surface area contributed by atoms with Crippen molar-refractivity contribution in [3.8, 4) is 0 Å². The van der Waals surface area contributed by atoms with E-state index in [9.17, 15) is 0 Å². The lowest BCUT2D eigenvalue weighted by Crippen LogP contribution is -1.83. The molecule has 0 aliphatic heterocycles. The van der Waals surface area contributed by atoms with Crippen molar-refractivity contribution in [3.05, 3.63) is 17.2 Å². The predicted octanol–water partition coefficient (Wildman–Crippen LogP) is 1.64. The zero-order chi connectivity index (χ0) is 6.97. The molecule has 1 aromatic rings. The lowest BCUT2D eigenvalue weighted by Gasteiger charge is -1.86. The van der Waals surface area contributed by atoms with E-state index in [2.05, 4.69) is 9.97 Å². The van der Waals surface area contributed by atoms with Crippen molar-refractivity contribution in [2.45, 2.75) is 25.1 Å². The summed E-state index contributed by atoms with van der Waals surface area (Å²) in [6.45, 7) is 0. The van der Waals surface area contributed by atoms with E-state index in [0.29, 0.717) is 5.88 Å². The minimum atomic E-state index is 0.507. The van der Waals surface area contributed by atoms with E-state index in [1.165, 1.54) is 17.8 Å². The molecule has 0 atom stereocenters. The summed E-state index contributed by atoms with van der Waals surface area (Å²) in [4.78, 5) is 7.52. The van der Waals surface area contributed by atoms with E-state index in [-0.39, 0.29) is 0 Å². The Balaban J connectivity index is 2.37. The molecule has 0 saturated carbocycles. The molecule has 1 aliphatic carbocycles. The maximum absolute atomic E-state index is 5.60. The molecule has 0 saturated heterocycles. The van der Waals surface area contributed by atoms with Gasteiger partial charge in [0.2, 0.25) is 0 Å². The SMILES string of the molecule is ClCc1nc2c([nH]1)CCC2. The van der Waals surface area contributed by atoms with Crippen molar-refractivity contribution in [2.24, 2.45) is 0 Å². The number of alkyl halides is 1. The summed E-state index contributed by atoms with van der Waals surface area (Å²) in [5.74, 6) is 1.43. The molecule has 0 spiro atoms. The van der Waals surface area contributed by atoms with Crippen LogP contribution in [0.2, 0.25) is 0 Å². The number of fused-ring (bicyclic) bond motifs is 1. The van der Waals surface area contributed by atoms with Crippen LogP contribution < -0.4 is 0 Å². The average Bonchev–Trinajstić information content (AvgIpc) is 2.42. The first-order valence-electron chi connectivity index (χ1n) is 3.53. The number of imidazole rings is 1. The third kappa shape index (κ3) is 0.833. The molecule has 2 nitrogen and oxygen atoms in total. The van der Waals surface area contributed by atoms with Gasteiger partial charge in [0.1, 0.15) is 5.82 Å². The van der Waals surface area contributed by atoms with E-state index in [1.54, 1.807) is 0 Å². The van der Waals surface area contributed by atoms with Crippen LogP contribution in [0.5, 0.6) is 0 Å². The smallest absolute Gasteiger partial charge is 0.121 e. The normalized spacial score (nSPS) is 15.7. The predicted molar refractivity (Wildman–Crippen MR) is 40.2 cm³/mol. The van der Waals surface area contributed by atoms with E-state index in [4.69, 9.17) is 11.6 Å². The monoisotopic (exact) mass is 156 g/mol. The second kappa shape index (κ2) is 2.27. The molecule has 1 aliphatic rings. The minimum absolute atomic E-state index is 0.507. The number of aryl methyl sites for hydroxylation is 2. The van der Waals surface area contributed by atoms with E-state index in [1.807, 2.05) is 0 Å². The fourth-order valence-electron chi connectivity index (χ4n) is 1.41. The Bertz CT molecular complexity index is 220. The standard InChI is InChI=1S/C7H9ClN2/c8-4-7-9-5-2-1-3-6(5)10-7/h1-4H2,(H,9,10). The van der Waals surface area contributed by atoms with Gasteiger partial charge in [-0.3, -0.25) is 0 Å². The van der Waals surface area contributed by atoms with Crippen LogP contribution in [0.25, 0.3) is 0 Å². The topological polar surface area (TPSA) is 28.7 Å². The van der Waals surface area contributed by atoms with E-state index in [0.717, 1.165) is 18.7 Å². The Morgan fingerprint density at radius 1 is 1.50 bits per heavy atom. The maximum Gasteiger partial charge on any atom is 0.121 e. The molecule has 0 radical (unpaired) electrons. The van der Waals surface area contributed by atoms with Crippen LogP contribution >= 0.6 is 11.6 Å². The number of nitrogens with one attached hydrogen (secondary N) is 1. The molecule has 0 aromatic carbocycles. The van der Waals surface area contributed by atoms with Crippen LogP contribution in [0.1, 0.15) is 23.6 Å². The van der Waals surface area contributed by atoms with Crippen LogP contribution in [0.3, 0.4) is 0 Å². The third-order valence-electron chi connectivity index (χ3n) is 1.88. The molecule has 3 heteroatoms. The number of H-pyrrole nitrogens is 1. The van der Waals surface area contributed by atoms with Crippen LogP contribution in [0.4, 0.5) is 0 Å². The lowest BCUT2D eigenvalue weighted by atomic mass is 10.4. The van der Waals surface area contributed by atoms with Gasteiger partial charge in [0.25, 0.3) is 0 Å². The van der Waals surface area contributed by atoms with Crippen LogP contribution in [-0.4, -0.2) is 9.97 Å². The van der Waals surface area contributed by atoms with Crippen molar-refractivity contribution in [2.75, 3.05) is 0 Å². The highest BCUT2D eigenvalue weighted by Gasteiger charge is 2.14. The number of hydrogen-bond donors (Lipinski definition) is 1. The molecule has 0 fully saturated rings. The molecule has 0 amide bonds. The summed E-state index contributed by atoms with van der Waals surface area (Å²) in [5, 5.41) is 0. The van der Waals surface area contributed by atoms with Gasteiger partial charge in [-0.25, -0.2) is 4.98 Å². The number of nitrogens with zero attached hydrogens (tertiary/aromatic N) is 1. The van der Waals surface area contributed by atoms with Gasteiger partial charge in [-0.2, -0.15) is 0 Å². The number of aromatic amines is 1. The molecule has 0 unspecified atom stereocenters. The average molecular weight is 157 g/mol. The molecule has 0 bridgehead atoms. The van der Waals surface area contributed by atoms with Gasteiger partial charge in [-0.05, 0) is 19.3 Å². The zero-order valence-electron chi connectivity index (χ0n) is 5.65. The summed E-state index contributed by atoms with van der Waals surface area (Å²) in [6.07, 6.45) is 3.53. The number of hydrogen-bond acceptors (Lipinski definition) is 1. The van der Waals surface area contributed by atoms with E-state index >= 15 is 0 Å². The Hall–Kier alpha value is -0.500. The highest BCUT2D eigenvalue weighted by atomic mass is 35.5. The van der Waals surface area contributed by atoms with Gasteiger partial charge >= 0.3 is 0 Å². The highest BCUT2D eigenvalue weighted by Crippen LogP contribution is 2.19. The summed E-state index contributed by atoms with van der Waals surface area (Å²) < 4.78 is 0. The largest absolute Gasteiger partial charge is 0.345 e. The lowest BCUT2D eigenvalue weighted by molar-refractivity contribution is 0.862. The van der Waals surface area contributed by atoms with Crippen molar-refractivity contribution < 1.29 is 0 Å². The van der Waals surface area contributed by atoms with Gasteiger partial charge in [-0.15, -0.1) is 11.6 Å². The molecule has 2 rings (SSSR count). The van der Waals surface area contributed by atoms with Crippen LogP contribution in [-0.2, 0) is 18.7 Å². The molecule has 1 N–H and O–H groups in total. The first-order valence-corrected chi connectivity index (χ1v) is 4.06. The Morgan fingerprint density at radius 2 is 2.40 bits per heavy atom. The Morgan fingerprint density at radius 3 is 3.10 bits per heavy atom. The first-order chi connectivity index (χ1) is 4.90. The fourth-order valence-corrected chi connectivity index (χ4v) is 1.54. The molecular formula is C7H9ClN2. The summed E-state index contributed by atoms with van der Waals surface area (Å²) in [5.41, 5.74) is 2.53. The van der Waals surface area contributed by atoms with Crippen molar-refractivity contribution in [3.63, 3.8) is 0 Å². The van der Waals surface area contributed by atoms with Crippen LogP contribution in [0, 0.1) is 0 Å². The quantitative estimate of drug-likeness (QED) is 0.616. The minimum Gasteiger partial charge on any atom is -0.345 e. The molecular weight excluding hydrogens is 148 g/mol. The van der Waals surface area contributed by atoms with Crippen molar-refractivity contribution in [1.82, 2.24) is 9.97 Å².